The highest BCUT2D eigenvalue weighted by Gasteiger charge is 2.33. The van der Waals surface area contributed by atoms with E-state index in [1.807, 2.05) is 35.2 Å². The lowest BCUT2D eigenvalue weighted by Gasteiger charge is -2.26. The highest BCUT2D eigenvalue weighted by atomic mass is 32.2. The third-order valence-corrected chi connectivity index (χ3v) is 6.62. The molecule has 1 atom stereocenters. The quantitative estimate of drug-likeness (QED) is 0.786. The summed E-state index contributed by atoms with van der Waals surface area (Å²) in [7, 11) is -3.03. The largest absolute Gasteiger partial charge is 0.468 e. The van der Waals surface area contributed by atoms with E-state index in [2.05, 4.69) is 19.2 Å². The van der Waals surface area contributed by atoms with Crippen LogP contribution in [0.4, 0.5) is 5.69 Å². The lowest BCUT2D eigenvalue weighted by molar-refractivity contribution is -0.118. The zero-order valence-electron chi connectivity index (χ0n) is 15.7. The van der Waals surface area contributed by atoms with E-state index in [4.69, 9.17) is 4.42 Å². The Labute approximate surface area is 160 Å². The second-order valence-corrected chi connectivity index (χ2v) is 9.59. The summed E-state index contributed by atoms with van der Waals surface area (Å²) >= 11 is 0. The molecule has 1 saturated heterocycles. The number of hydrogen-bond donors (Lipinski definition) is 1. The van der Waals surface area contributed by atoms with Crippen LogP contribution in [0.15, 0.2) is 47.1 Å². The van der Waals surface area contributed by atoms with Crippen molar-refractivity contribution in [1.82, 2.24) is 4.90 Å². The number of carbonyl (C=O) groups excluding carboxylic acids is 1. The van der Waals surface area contributed by atoms with Crippen molar-refractivity contribution >= 4 is 21.4 Å². The van der Waals surface area contributed by atoms with Gasteiger partial charge in [0.25, 0.3) is 0 Å². The first-order chi connectivity index (χ1) is 12.8. The molecule has 1 fully saturated rings. The maximum absolute atomic E-state index is 12.6. The van der Waals surface area contributed by atoms with Gasteiger partial charge in [-0.3, -0.25) is 9.69 Å². The highest BCUT2D eigenvalue weighted by Crippen LogP contribution is 2.21. The minimum atomic E-state index is -3.03. The summed E-state index contributed by atoms with van der Waals surface area (Å²) in [5, 5.41) is 2.90. The maximum Gasteiger partial charge on any atom is 0.238 e. The summed E-state index contributed by atoms with van der Waals surface area (Å²) in [6, 6.07) is 11.2. The molecule has 1 amide bonds. The maximum atomic E-state index is 12.6. The van der Waals surface area contributed by atoms with Gasteiger partial charge in [0.1, 0.15) is 5.76 Å². The summed E-state index contributed by atoms with van der Waals surface area (Å²) in [6.07, 6.45) is 2.12. The Bertz CT molecular complexity index is 858. The highest BCUT2D eigenvalue weighted by molar-refractivity contribution is 7.91. The number of furan rings is 1. The van der Waals surface area contributed by atoms with E-state index in [9.17, 15) is 13.2 Å². The molecule has 146 valence electrons. The summed E-state index contributed by atoms with van der Waals surface area (Å²) in [5.74, 6) is 1.24. The van der Waals surface area contributed by atoms with E-state index in [0.29, 0.717) is 24.6 Å². The predicted octanol–water partition coefficient (Wildman–Crippen LogP) is 3.03. The van der Waals surface area contributed by atoms with Gasteiger partial charge in [-0.25, -0.2) is 8.42 Å². The minimum Gasteiger partial charge on any atom is -0.468 e. The molecule has 0 aliphatic carbocycles. The summed E-state index contributed by atoms with van der Waals surface area (Å²) in [6.45, 7) is 4.77. The van der Waals surface area contributed by atoms with Crippen LogP contribution in [0.25, 0.3) is 0 Å². The van der Waals surface area contributed by atoms with Crippen LogP contribution in [0.3, 0.4) is 0 Å². The van der Waals surface area contributed by atoms with Crippen molar-refractivity contribution in [2.24, 2.45) is 0 Å². The zero-order chi connectivity index (χ0) is 19.4. The standard InChI is InChI=1S/C20H26N2O4S/c1-15(2)16-5-7-17(8-6-16)21-20(23)13-22(12-19-4-3-10-26-19)18-9-11-27(24,25)14-18/h3-8,10,15,18H,9,11-14H2,1-2H3,(H,21,23)/t18-/m1/s1. The van der Waals surface area contributed by atoms with Gasteiger partial charge in [0.05, 0.1) is 30.9 Å². The van der Waals surface area contributed by atoms with E-state index in [0.717, 1.165) is 5.69 Å². The molecule has 2 aromatic rings. The van der Waals surface area contributed by atoms with Crippen molar-refractivity contribution in [2.45, 2.75) is 38.8 Å². The number of nitrogens with one attached hydrogen (secondary N) is 1. The van der Waals surface area contributed by atoms with Crippen molar-refractivity contribution in [3.63, 3.8) is 0 Å². The van der Waals surface area contributed by atoms with Crippen LogP contribution in [0.2, 0.25) is 0 Å². The number of carbonyl (C=O) groups is 1. The van der Waals surface area contributed by atoms with Crippen LogP contribution in [-0.2, 0) is 21.2 Å². The number of nitrogens with zero attached hydrogens (tertiary/aromatic N) is 1. The van der Waals surface area contributed by atoms with Gasteiger partial charge in [-0.05, 0) is 42.2 Å². The molecule has 1 aromatic carbocycles. The Morgan fingerprint density at radius 2 is 2.00 bits per heavy atom. The van der Waals surface area contributed by atoms with Gasteiger partial charge in [0.15, 0.2) is 9.84 Å². The Morgan fingerprint density at radius 1 is 1.26 bits per heavy atom. The number of anilines is 1. The Kier molecular flexibility index (Phi) is 6.01. The molecular formula is C20H26N2O4S. The van der Waals surface area contributed by atoms with Gasteiger partial charge in [-0.1, -0.05) is 26.0 Å². The average molecular weight is 391 g/mol. The van der Waals surface area contributed by atoms with Crippen LogP contribution in [-0.4, -0.2) is 43.3 Å². The lowest BCUT2D eigenvalue weighted by Crippen LogP contribution is -2.41. The van der Waals surface area contributed by atoms with E-state index in [-0.39, 0.29) is 30.0 Å². The molecule has 0 spiro atoms. The normalized spacial score (nSPS) is 18.9. The Balaban J connectivity index is 1.66. The first-order valence-electron chi connectivity index (χ1n) is 9.19. The van der Waals surface area contributed by atoms with E-state index in [1.165, 1.54) is 5.56 Å². The molecule has 1 aliphatic rings. The van der Waals surface area contributed by atoms with Gasteiger partial charge < -0.3 is 9.73 Å². The molecule has 2 heterocycles. The van der Waals surface area contributed by atoms with Crippen LogP contribution >= 0.6 is 0 Å². The van der Waals surface area contributed by atoms with Gasteiger partial charge in [0, 0.05) is 11.7 Å². The number of amides is 1. The molecule has 1 aromatic heterocycles. The first-order valence-corrected chi connectivity index (χ1v) is 11.0. The monoisotopic (exact) mass is 390 g/mol. The van der Waals surface area contributed by atoms with Crippen LogP contribution in [0.1, 0.15) is 37.5 Å². The van der Waals surface area contributed by atoms with Gasteiger partial charge in [0.2, 0.25) is 5.91 Å². The Hall–Kier alpha value is -2.12. The lowest BCUT2D eigenvalue weighted by atomic mass is 10.0. The van der Waals surface area contributed by atoms with E-state index in [1.54, 1.807) is 12.3 Å². The van der Waals surface area contributed by atoms with Crippen molar-refractivity contribution in [3.05, 3.63) is 54.0 Å². The van der Waals surface area contributed by atoms with E-state index < -0.39 is 9.84 Å². The van der Waals surface area contributed by atoms with Gasteiger partial charge in [-0.2, -0.15) is 0 Å². The fraction of sp³-hybridized carbons (Fsp3) is 0.450. The molecule has 27 heavy (non-hydrogen) atoms. The molecule has 0 saturated carbocycles. The van der Waals surface area contributed by atoms with Crippen molar-refractivity contribution in [2.75, 3.05) is 23.4 Å². The number of sulfone groups is 1. The molecule has 3 rings (SSSR count). The van der Waals surface area contributed by atoms with Gasteiger partial charge >= 0.3 is 0 Å². The summed E-state index contributed by atoms with van der Waals surface area (Å²) in [4.78, 5) is 14.4. The Morgan fingerprint density at radius 3 is 2.56 bits per heavy atom. The van der Waals surface area contributed by atoms with Crippen LogP contribution < -0.4 is 5.32 Å². The third-order valence-electron chi connectivity index (χ3n) is 4.87. The number of benzene rings is 1. The van der Waals surface area contributed by atoms with Crippen molar-refractivity contribution in [1.29, 1.82) is 0 Å². The number of hydrogen-bond acceptors (Lipinski definition) is 5. The van der Waals surface area contributed by atoms with E-state index >= 15 is 0 Å². The van der Waals surface area contributed by atoms with Crippen molar-refractivity contribution < 1.29 is 17.6 Å². The third kappa shape index (κ3) is 5.43. The molecule has 1 N–H and O–H groups in total. The minimum absolute atomic E-state index is 0.0874. The number of rotatable bonds is 7. The SMILES string of the molecule is CC(C)c1ccc(NC(=O)CN(Cc2ccco2)[C@@H]2CCS(=O)(=O)C2)cc1. The molecular weight excluding hydrogens is 364 g/mol. The molecule has 0 bridgehead atoms. The second kappa shape index (κ2) is 8.27. The molecule has 0 radical (unpaired) electrons. The molecule has 0 unspecified atom stereocenters. The first kappa shape index (κ1) is 19.6. The van der Waals surface area contributed by atoms with Crippen molar-refractivity contribution in [3.8, 4) is 0 Å². The zero-order valence-corrected chi connectivity index (χ0v) is 16.5. The average Bonchev–Trinajstić information content (AvgIpc) is 3.24. The fourth-order valence-electron chi connectivity index (χ4n) is 3.32. The molecule has 1 aliphatic heterocycles. The van der Waals surface area contributed by atoms with Gasteiger partial charge in [-0.15, -0.1) is 0 Å². The van der Waals surface area contributed by atoms with Crippen LogP contribution in [0.5, 0.6) is 0 Å². The summed E-state index contributed by atoms with van der Waals surface area (Å²) < 4.78 is 29.1. The second-order valence-electron chi connectivity index (χ2n) is 7.37. The topological polar surface area (TPSA) is 79.6 Å². The molecule has 6 nitrogen and oxygen atoms in total. The fourth-order valence-corrected chi connectivity index (χ4v) is 5.08. The van der Waals surface area contributed by atoms with Crippen LogP contribution in [0, 0.1) is 0 Å². The predicted molar refractivity (Wildman–Crippen MR) is 105 cm³/mol. The smallest absolute Gasteiger partial charge is 0.238 e. The molecule has 7 heteroatoms. The summed E-state index contributed by atoms with van der Waals surface area (Å²) in [5.41, 5.74) is 1.95.